The number of carbonyl (C=O) groups is 3. The molecule has 1 spiro atoms. The fraction of sp³-hybridized carbons (Fsp3) is 0.174. The Bertz CT molecular complexity index is 1220. The minimum atomic E-state index is -1.28. The van der Waals surface area contributed by atoms with Gasteiger partial charge in [-0.2, -0.15) is 0 Å². The molecule has 3 amide bonds. The van der Waals surface area contributed by atoms with E-state index in [9.17, 15) is 14.4 Å². The Hall–Kier alpha value is -3.23. The summed E-state index contributed by atoms with van der Waals surface area (Å²) in [6, 6.07) is 17.6. The highest BCUT2D eigenvalue weighted by Crippen LogP contribution is 2.55. The maximum absolute atomic E-state index is 13.8. The Balaban J connectivity index is 1.49. The molecule has 1 fully saturated rings. The maximum Gasteiger partial charge on any atom is 0.269 e. The first kappa shape index (κ1) is 20.7. The monoisotopic (exact) mass is 467 g/mol. The van der Waals surface area contributed by atoms with Crippen LogP contribution in [0.25, 0.3) is 0 Å². The van der Waals surface area contributed by atoms with Crippen LogP contribution >= 0.6 is 23.4 Å². The molecule has 1 unspecified atom stereocenters. The Morgan fingerprint density at radius 2 is 1.97 bits per heavy atom. The van der Waals surface area contributed by atoms with Crippen LogP contribution in [0.2, 0.25) is 5.02 Å². The Kier molecular flexibility index (Phi) is 5.19. The van der Waals surface area contributed by atoms with Gasteiger partial charge in [0.1, 0.15) is 12.3 Å². The van der Waals surface area contributed by atoms with Crippen LogP contribution in [-0.4, -0.2) is 30.0 Å². The number of nitrogens with one attached hydrogen (secondary N) is 1. The molecule has 1 aromatic heterocycles. The summed E-state index contributed by atoms with van der Waals surface area (Å²) in [4.78, 5) is 41.1. The molecule has 32 heavy (non-hydrogen) atoms. The topological polar surface area (TPSA) is 82.9 Å². The van der Waals surface area contributed by atoms with Gasteiger partial charge in [-0.3, -0.25) is 24.2 Å². The molecule has 9 heteroatoms. The zero-order valence-electron chi connectivity index (χ0n) is 16.8. The Morgan fingerprint density at radius 3 is 2.75 bits per heavy atom. The number of thioether (sulfide) groups is 1. The third-order valence-electron chi connectivity index (χ3n) is 5.47. The first-order valence-electron chi connectivity index (χ1n) is 9.94. The van der Waals surface area contributed by atoms with Gasteiger partial charge >= 0.3 is 0 Å². The molecule has 3 heterocycles. The summed E-state index contributed by atoms with van der Waals surface area (Å²) in [6.45, 7) is 0.0545. The quantitative estimate of drug-likeness (QED) is 0.620. The highest BCUT2D eigenvalue weighted by Gasteiger charge is 2.61. The van der Waals surface area contributed by atoms with Gasteiger partial charge in [-0.15, -0.1) is 11.8 Å². The number of rotatable bonds is 5. The molecule has 0 saturated carbocycles. The predicted octanol–water partition coefficient (Wildman–Crippen LogP) is 3.53. The van der Waals surface area contributed by atoms with Crippen molar-refractivity contribution in [2.45, 2.75) is 11.4 Å². The number of nitrogens with zero attached hydrogens (tertiary/aromatic N) is 2. The normalized spacial score (nSPS) is 19.7. The lowest BCUT2D eigenvalue weighted by molar-refractivity contribution is -0.125. The fourth-order valence-electron chi connectivity index (χ4n) is 4.13. The molecule has 0 aliphatic carbocycles. The van der Waals surface area contributed by atoms with Crippen molar-refractivity contribution in [3.63, 3.8) is 0 Å². The van der Waals surface area contributed by atoms with Gasteiger partial charge in [0, 0.05) is 16.3 Å². The summed E-state index contributed by atoms with van der Waals surface area (Å²) < 4.78 is 5.24. The number of hydrogen-bond acceptors (Lipinski definition) is 5. The lowest BCUT2D eigenvalue weighted by atomic mass is 10.0. The summed E-state index contributed by atoms with van der Waals surface area (Å²) in [5, 5.41) is 3.24. The van der Waals surface area contributed by atoms with Crippen molar-refractivity contribution >= 4 is 52.5 Å². The van der Waals surface area contributed by atoms with Crippen LogP contribution in [0.4, 0.5) is 11.4 Å². The van der Waals surface area contributed by atoms with Gasteiger partial charge in [-0.25, -0.2) is 0 Å². The van der Waals surface area contributed by atoms with Gasteiger partial charge < -0.3 is 9.73 Å². The number of amides is 3. The lowest BCUT2D eigenvalue weighted by Crippen LogP contribution is -2.51. The number of furan rings is 1. The van der Waals surface area contributed by atoms with E-state index in [-0.39, 0.29) is 36.6 Å². The van der Waals surface area contributed by atoms with Crippen molar-refractivity contribution < 1.29 is 18.8 Å². The lowest BCUT2D eigenvalue weighted by Gasteiger charge is -2.33. The number of para-hydroxylation sites is 1. The molecule has 0 radical (unpaired) electrons. The summed E-state index contributed by atoms with van der Waals surface area (Å²) in [7, 11) is 0. The molecule has 0 bridgehead atoms. The SMILES string of the molecule is O=C(CN1C(=O)C2(SCC(=O)N2c2cccc(Cl)c2)c2ccccc21)NCc1ccco1. The number of hydrogen-bond donors (Lipinski definition) is 1. The molecular weight excluding hydrogens is 450 g/mol. The van der Waals surface area contributed by atoms with E-state index in [2.05, 4.69) is 5.32 Å². The van der Waals surface area contributed by atoms with Crippen molar-refractivity contribution in [3.8, 4) is 0 Å². The highest BCUT2D eigenvalue weighted by atomic mass is 35.5. The first-order chi connectivity index (χ1) is 15.5. The molecule has 2 aliphatic heterocycles. The van der Waals surface area contributed by atoms with Gasteiger partial charge in [-0.05, 0) is 36.4 Å². The third-order valence-corrected chi connectivity index (χ3v) is 7.09. The first-order valence-corrected chi connectivity index (χ1v) is 11.3. The maximum atomic E-state index is 13.8. The van der Waals surface area contributed by atoms with Crippen LogP contribution in [-0.2, 0) is 25.8 Å². The number of benzene rings is 2. The second kappa shape index (κ2) is 8.03. The molecule has 2 aromatic carbocycles. The van der Waals surface area contributed by atoms with Gasteiger partial charge in [0.15, 0.2) is 0 Å². The van der Waals surface area contributed by atoms with E-state index >= 15 is 0 Å². The number of halogens is 1. The third kappa shape index (κ3) is 3.27. The van der Waals surface area contributed by atoms with E-state index in [4.69, 9.17) is 16.0 Å². The second-order valence-corrected chi connectivity index (χ2v) is 9.01. The van der Waals surface area contributed by atoms with E-state index in [0.29, 0.717) is 27.7 Å². The zero-order valence-corrected chi connectivity index (χ0v) is 18.4. The standard InChI is InChI=1S/C23H18ClN3O4S/c24-15-5-3-6-16(11-15)27-21(29)14-32-23(27)18-8-1-2-9-19(18)26(22(23)30)13-20(28)25-12-17-7-4-10-31-17/h1-11H,12-14H2,(H,25,28). The van der Waals surface area contributed by atoms with E-state index in [0.717, 1.165) is 0 Å². The molecule has 162 valence electrons. The molecular formula is C23H18ClN3O4S. The average molecular weight is 468 g/mol. The summed E-state index contributed by atoms with van der Waals surface area (Å²) in [5.74, 6) is -0.0880. The van der Waals surface area contributed by atoms with Crippen LogP contribution < -0.4 is 15.1 Å². The zero-order chi connectivity index (χ0) is 22.3. The summed E-state index contributed by atoms with van der Waals surface area (Å²) in [5.41, 5.74) is 1.83. The van der Waals surface area contributed by atoms with Crippen molar-refractivity contribution in [3.05, 3.63) is 83.3 Å². The van der Waals surface area contributed by atoms with Crippen molar-refractivity contribution in [2.24, 2.45) is 0 Å². The molecule has 7 nitrogen and oxygen atoms in total. The van der Waals surface area contributed by atoms with Crippen LogP contribution in [0.1, 0.15) is 11.3 Å². The van der Waals surface area contributed by atoms with E-state index in [1.165, 1.54) is 27.8 Å². The van der Waals surface area contributed by atoms with Gasteiger partial charge in [0.2, 0.25) is 16.7 Å². The molecule has 1 saturated heterocycles. The molecule has 1 atom stereocenters. The predicted molar refractivity (Wildman–Crippen MR) is 122 cm³/mol. The van der Waals surface area contributed by atoms with Gasteiger partial charge in [0.05, 0.1) is 24.2 Å². The minimum Gasteiger partial charge on any atom is -0.467 e. The number of carbonyl (C=O) groups excluding carboxylic acids is 3. The molecule has 1 N–H and O–H groups in total. The van der Waals surface area contributed by atoms with Crippen molar-refractivity contribution in [1.29, 1.82) is 0 Å². The Labute approximate surface area is 193 Å². The number of fused-ring (bicyclic) bond motifs is 2. The number of anilines is 2. The van der Waals surface area contributed by atoms with Crippen molar-refractivity contribution in [2.75, 3.05) is 22.1 Å². The van der Waals surface area contributed by atoms with Crippen molar-refractivity contribution in [1.82, 2.24) is 5.32 Å². The molecule has 5 rings (SSSR count). The summed E-state index contributed by atoms with van der Waals surface area (Å²) >= 11 is 7.43. The Morgan fingerprint density at radius 1 is 1.12 bits per heavy atom. The van der Waals surface area contributed by atoms with Crippen LogP contribution in [0.15, 0.2) is 71.3 Å². The second-order valence-electron chi connectivity index (χ2n) is 7.41. The summed E-state index contributed by atoms with van der Waals surface area (Å²) in [6.07, 6.45) is 1.53. The van der Waals surface area contributed by atoms with Gasteiger partial charge in [0.25, 0.3) is 5.91 Å². The van der Waals surface area contributed by atoms with Gasteiger partial charge in [-0.1, -0.05) is 35.9 Å². The van der Waals surface area contributed by atoms with Crippen LogP contribution in [0.3, 0.4) is 0 Å². The average Bonchev–Trinajstić information content (AvgIpc) is 3.48. The van der Waals surface area contributed by atoms with E-state index in [1.807, 2.05) is 18.2 Å². The fourth-order valence-corrected chi connectivity index (χ4v) is 5.67. The van der Waals surface area contributed by atoms with E-state index in [1.54, 1.807) is 42.5 Å². The smallest absolute Gasteiger partial charge is 0.269 e. The van der Waals surface area contributed by atoms with Crippen LogP contribution in [0.5, 0.6) is 0 Å². The largest absolute Gasteiger partial charge is 0.467 e. The van der Waals surface area contributed by atoms with Crippen LogP contribution in [0, 0.1) is 0 Å². The minimum absolute atomic E-state index is 0.144. The molecule has 3 aromatic rings. The molecule has 2 aliphatic rings. The van der Waals surface area contributed by atoms with E-state index < -0.39 is 4.87 Å². The highest BCUT2D eigenvalue weighted by molar-refractivity contribution is 8.02.